The van der Waals surface area contributed by atoms with Crippen molar-refractivity contribution in [1.29, 1.82) is 0 Å². The highest BCUT2D eigenvalue weighted by Gasteiger charge is 2.16. The van der Waals surface area contributed by atoms with Crippen molar-refractivity contribution in [3.63, 3.8) is 0 Å². The lowest BCUT2D eigenvalue weighted by atomic mass is 10.1. The Hall–Kier alpha value is -4.00. The summed E-state index contributed by atoms with van der Waals surface area (Å²) < 4.78 is 21.3. The normalized spacial score (nSPS) is 10.7. The second-order valence-electron chi connectivity index (χ2n) is 6.57. The largest absolute Gasteiger partial charge is 0.493 e. The minimum Gasteiger partial charge on any atom is -0.493 e. The zero-order valence-electron chi connectivity index (χ0n) is 16.5. The third kappa shape index (κ3) is 3.91. The Morgan fingerprint density at radius 1 is 1.03 bits per heavy atom. The van der Waals surface area contributed by atoms with Crippen LogP contribution in [0.1, 0.15) is 5.76 Å². The molecule has 7 heteroatoms. The van der Waals surface area contributed by atoms with E-state index in [4.69, 9.17) is 18.3 Å². The van der Waals surface area contributed by atoms with Gasteiger partial charge < -0.3 is 23.2 Å². The van der Waals surface area contributed by atoms with Crippen LogP contribution in [0.3, 0.4) is 0 Å². The van der Waals surface area contributed by atoms with Crippen LogP contribution < -0.4 is 20.0 Å². The molecule has 0 N–H and O–H groups in total. The molecule has 0 bridgehead atoms. The number of methoxy groups -OCH3 is 1. The molecule has 2 aromatic heterocycles. The molecule has 0 radical (unpaired) electrons. The van der Waals surface area contributed by atoms with Gasteiger partial charge in [-0.05, 0) is 36.4 Å². The molecular formula is C23H19NO6. The van der Waals surface area contributed by atoms with E-state index >= 15 is 0 Å². The number of carbonyl (C=O) groups is 1. The van der Waals surface area contributed by atoms with Crippen LogP contribution in [0.25, 0.3) is 11.0 Å². The molecule has 0 unspecified atom stereocenters. The minimum absolute atomic E-state index is 0.000585. The molecule has 0 amide bonds. The van der Waals surface area contributed by atoms with Gasteiger partial charge in [0.1, 0.15) is 17.8 Å². The average molecular weight is 405 g/mol. The Bertz CT molecular complexity index is 1240. The molecule has 0 atom stereocenters. The second-order valence-corrected chi connectivity index (χ2v) is 6.57. The number of rotatable bonds is 6. The summed E-state index contributed by atoms with van der Waals surface area (Å²) in [7, 11) is 3.32. The summed E-state index contributed by atoms with van der Waals surface area (Å²) in [4.78, 5) is 26.1. The van der Waals surface area contributed by atoms with Gasteiger partial charge in [-0.15, -0.1) is 0 Å². The molecule has 0 aliphatic carbocycles. The van der Waals surface area contributed by atoms with Crippen molar-refractivity contribution in [3.05, 3.63) is 83.1 Å². The number of hydrogen-bond donors (Lipinski definition) is 0. The van der Waals surface area contributed by atoms with Crippen LogP contribution >= 0.6 is 0 Å². The average Bonchev–Trinajstić information content (AvgIpc) is 3.25. The fourth-order valence-electron chi connectivity index (χ4n) is 3.18. The lowest BCUT2D eigenvalue weighted by Gasteiger charge is -2.22. The lowest BCUT2D eigenvalue weighted by molar-refractivity contribution is -0.134. The van der Waals surface area contributed by atoms with Gasteiger partial charge in [-0.2, -0.15) is 0 Å². The number of esters is 1. The fourth-order valence-corrected chi connectivity index (χ4v) is 3.18. The minimum atomic E-state index is -0.478. The van der Waals surface area contributed by atoms with E-state index in [1.165, 1.54) is 19.4 Å². The smallest absolute Gasteiger partial charge is 0.338 e. The molecule has 152 valence electrons. The standard InChI is InChI=1S/C23H19NO6/c1-24(18-14-23(26)29-19-8-4-3-7-17(18)19)15-9-10-20(27-2)21(12-15)30-22(25)13-16-6-5-11-28-16/h3-12,14H,13H2,1-2H3. The number of nitrogens with zero attached hydrogens (tertiary/aromatic N) is 1. The summed E-state index contributed by atoms with van der Waals surface area (Å²) in [5, 5.41) is 0.784. The maximum Gasteiger partial charge on any atom is 0.338 e. The predicted molar refractivity (Wildman–Crippen MR) is 112 cm³/mol. The van der Waals surface area contributed by atoms with Crippen LogP contribution in [-0.4, -0.2) is 20.1 Å². The van der Waals surface area contributed by atoms with Crippen LogP contribution in [0.15, 0.2) is 80.6 Å². The van der Waals surface area contributed by atoms with E-state index < -0.39 is 11.6 Å². The van der Waals surface area contributed by atoms with Crippen molar-refractivity contribution in [1.82, 2.24) is 0 Å². The molecule has 4 rings (SSSR count). The van der Waals surface area contributed by atoms with Gasteiger partial charge in [0.05, 0.1) is 19.1 Å². The van der Waals surface area contributed by atoms with Crippen LogP contribution in [-0.2, 0) is 11.2 Å². The number of para-hydroxylation sites is 1. The van der Waals surface area contributed by atoms with Gasteiger partial charge in [-0.1, -0.05) is 12.1 Å². The van der Waals surface area contributed by atoms with E-state index in [0.29, 0.717) is 28.5 Å². The number of furan rings is 1. The van der Waals surface area contributed by atoms with E-state index in [-0.39, 0.29) is 12.2 Å². The summed E-state index contributed by atoms with van der Waals surface area (Å²) >= 11 is 0. The van der Waals surface area contributed by atoms with E-state index in [9.17, 15) is 9.59 Å². The molecule has 0 aliphatic heterocycles. The first-order valence-corrected chi connectivity index (χ1v) is 9.23. The monoisotopic (exact) mass is 405 g/mol. The van der Waals surface area contributed by atoms with Gasteiger partial charge in [0, 0.05) is 30.3 Å². The highest BCUT2D eigenvalue weighted by molar-refractivity contribution is 5.92. The number of fused-ring (bicyclic) bond motifs is 1. The predicted octanol–water partition coefficient (Wildman–Crippen LogP) is 4.31. The molecule has 2 heterocycles. The molecule has 0 fully saturated rings. The Labute approximate surface area is 172 Å². The molecule has 0 aliphatic rings. The first-order valence-electron chi connectivity index (χ1n) is 9.23. The Morgan fingerprint density at radius 3 is 2.63 bits per heavy atom. The van der Waals surface area contributed by atoms with Crippen molar-refractivity contribution in [2.24, 2.45) is 0 Å². The topological polar surface area (TPSA) is 82.1 Å². The van der Waals surface area contributed by atoms with Gasteiger partial charge in [0.25, 0.3) is 0 Å². The summed E-state index contributed by atoms with van der Waals surface area (Å²) in [5.74, 6) is 0.714. The lowest BCUT2D eigenvalue weighted by Crippen LogP contribution is -2.14. The first-order chi connectivity index (χ1) is 14.5. The number of hydrogen-bond acceptors (Lipinski definition) is 7. The maximum atomic E-state index is 12.3. The summed E-state index contributed by atoms with van der Waals surface area (Å²) in [6.07, 6.45) is 1.50. The first kappa shape index (κ1) is 19.3. The molecule has 0 spiro atoms. The number of carbonyl (C=O) groups excluding carboxylic acids is 1. The number of ether oxygens (including phenoxy) is 2. The Balaban J connectivity index is 1.67. The van der Waals surface area contributed by atoms with Crippen LogP contribution in [0.2, 0.25) is 0 Å². The number of anilines is 2. The third-order valence-electron chi connectivity index (χ3n) is 4.65. The Morgan fingerprint density at radius 2 is 1.87 bits per heavy atom. The third-order valence-corrected chi connectivity index (χ3v) is 4.65. The van der Waals surface area contributed by atoms with Crippen molar-refractivity contribution in [2.45, 2.75) is 6.42 Å². The van der Waals surface area contributed by atoms with E-state index in [0.717, 1.165) is 5.39 Å². The van der Waals surface area contributed by atoms with Gasteiger partial charge in [0.2, 0.25) is 0 Å². The zero-order valence-corrected chi connectivity index (χ0v) is 16.5. The van der Waals surface area contributed by atoms with Gasteiger partial charge in [-0.25, -0.2) is 4.79 Å². The van der Waals surface area contributed by atoms with Gasteiger partial charge >= 0.3 is 11.6 Å². The highest BCUT2D eigenvalue weighted by Crippen LogP contribution is 2.36. The van der Waals surface area contributed by atoms with Crippen molar-refractivity contribution < 1.29 is 23.1 Å². The quantitative estimate of drug-likeness (QED) is 0.269. The molecule has 4 aromatic rings. The molecular weight excluding hydrogens is 386 g/mol. The molecule has 0 saturated heterocycles. The fraction of sp³-hybridized carbons (Fsp3) is 0.130. The Kier molecular flexibility index (Phi) is 5.26. The molecule has 7 nitrogen and oxygen atoms in total. The summed E-state index contributed by atoms with van der Waals surface area (Å²) in [6.45, 7) is 0. The zero-order chi connectivity index (χ0) is 21.1. The van der Waals surface area contributed by atoms with Crippen molar-refractivity contribution in [3.8, 4) is 11.5 Å². The van der Waals surface area contributed by atoms with E-state index in [1.54, 1.807) is 36.4 Å². The van der Waals surface area contributed by atoms with Crippen LogP contribution in [0, 0.1) is 0 Å². The van der Waals surface area contributed by atoms with Crippen LogP contribution in [0.5, 0.6) is 11.5 Å². The summed E-state index contributed by atoms with van der Waals surface area (Å²) in [5.41, 5.74) is 1.41. The SMILES string of the molecule is COc1ccc(N(C)c2cc(=O)oc3ccccc23)cc1OC(=O)Cc1ccco1. The van der Waals surface area contributed by atoms with Crippen molar-refractivity contribution in [2.75, 3.05) is 19.1 Å². The highest BCUT2D eigenvalue weighted by atomic mass is 16.6. The molecule has 2 aromatic carbocycles. The molecule has 0 saturated carbocycles. The second kappa shape index (κ2) is 8.16. The van der Waals surface area contributed by atoms with E-state index in [2.05, 4.69) is 0 Å². The number of benzene rings is 2. The summed E-state index contributed by atoms with van der Waals surface area (Å²) in [6, 6.07) is 17.3. The van der Waals surface area contributed by atoms with Gasteiger partial charge in [0.15, 0.2) is 11.5 Å². The van der Waals surface area contributed by atoms with Crippen molar-refractivity contribution >= 4 is 28.3 Å². The maximum absolute atomic E-state index is 12.3. The van der Waals surface area contributed by atoms with Gasteiger partial charge in [-0.3, -0.25) is 4.79 Å². The molecule has 30 heavy (non-hydrogen) atoms. The van der Waals surface area contributed by atoms with Crippen LogP contribution in [0.4, 0.5) is 11.4 Å². The van der Waals surface area contributed by atoms with E-state index in [1.807, 2.05) is 30.1 Å².